The Hall–Kier alpha value is -2.83. The molecule has 1 aliphatic carbocycles. The van der Waals surface area contributed by atoms with E-state index in [-0.39, 0.29) is 6.04 Å². The normalized spacial score (nSPS) is 15.2. The number of hydrogen-bond donors (Lipinski definition) is 1. The van der Waals surface area contributed by atoms with E-state index in [0.29, 0.717) is 25.4 Å². The zero-order chi connectivity index (χ0) is 22.9. The quantitative estimate of drug-likeness (QED) is 0.310. The maximum absolute atomic E-state index is 11.3. The minimum atomic E-state index is -0.542. The third-order valence-electron chi connectivity index (χ3n) is 5.87. The van der Waals surface area contributed by atoms with Gasteiger partial charge in [-0.3, -0.25) is 4.90 Å². The van der Waals surface area contributed by atoms with Gasteiger partial charge in [0.05, 0.1) is 18.7 Å². The van der Waals surface area contributed by atoms with Crippen molar-refractivity contribution in [3.05, 3.63) is 119 Å². The van der Waals surface area contributed by atoms with Crippen LogP contribution in [0, 0.1) is 17.8 Å². The van der Waals surface area contributed by atoms with E-state index in [2.05, 4.69) is 47.1 Å². The molecule has 0 bridgehead atoms. The summed E-state index contributed by atoms with van der Waals surface area (Å²) < 4.78 is 0. The van der Waals surface area contributed by atoms with Crippen molar-refractivity contribution in [2.24, 2.45) is 5.92 Å². The van der Waals surface area contributed by atoms with E-state index >= 15 is 0 Å². The van der Waals surface area contributed by atoms with Crippen molar-refractivity contribution in [3.63, 3.8) is 0 Å². The molecule has 0 spiro atoms. The topological polar surface area (TPSA) is 23.5 Å². The average molecular weight is 456 g/mol. The highest BCUT2D eigenvalue weighted by atomic mass is 35.5. The van der Waals surface area contributed by atoms with Gasteiger partial charge >= 0.3 is 0 Å². The zero-order valence-corrected chi connectivity index (χ0v) is 19.5. The highest BCUT2D eigenvalue weighted by molar-refractivity contribution is 6.30. The Labute approximate surface area is 202 Å². The molecule has 2 nitrogen and oxygen atoms in total. The summed E-state index contributed by atoms with van der Waals surface area (Å²) in [5.41, 5.74) is 3.24. The molecule has 0 aliphatic heterocycles. The van der Waals surface area contributed by atoms with Crippen LogP contribution in [0.1, 0.15) is 29.5 Å². The van der Waals surface area contributed by atoms with Crippen LogP contribution in [0.4, 0.5) is 0 Å². The molecule has 33 heavy (non-hydrogen) atoms. The molecular weight excluding hydrogens is 426 g/mol. The van der Waals surface area contributed by atoms with Crippen LogP contribution >= 0.6 is 11.6 Å². The van der Waals surface area contributed by atoms with Gasteiger partial charge in [-0.15, -0.1) is 0 Å². The Morgan fingerprint density at radius 2 is 1.64 bits per heavy atom. The molecule has 3 aromatic rings. The lowest BCUT2D eigenvalue weighted by Crippen LogP contribution is -2.43. The molecule has 0 heterocycles. The van der Waals surface area contributed by atoms with E-state index < -0.39 is 6.10 Å². The summed E-state index contributed by atoms with van der Waals surface area (Å²) in [6.07, 6.45) is 6.99. The van der Waals surface area contributed by atoms with Crippen LogP contribution in [0.5, 0.6) is 0 Å². The molecule has 3 heteroatoms. The van der Waals surface area contributed by atoms with E-state index in [1.807, 2.05) is 66.7 Å². The summed E-state index contributed by atoms with van der Waals surface area (Å²) in [7, 11) is 0. The minimum Gasteiger partial charge on any atom is -0.391 e. The van der Waals surface area contributed by atoms with E-state index in [1.165, 1.54) is 12.8 Å². The largest absolute Gasteiger partial charge is 0.391 e. The molecule has 3 aromatic carbocycles. The Balaban J connectivity index is 1.59. The summed E-state index contributed by atoms with van der Waals surface area (Å²) in [6, 6.07) is 28.0. The van der Waals surface area contributed by atoms with E-state index in [1.54, 1.807) is 0 Å². The third kappa shape index (κ3) is 7.62. The first-order valence-electron chi connectivity index (χ1n) is 11.6. The molecule has 1 fully saturated rings. The standard InChI is InChI=1S/C30H30ClNO/c31-28-15-7-13-27(21-28)23-32(20-8-14-24-9-3-1-4-10-24)29(19-18-25-16-17-25)30(33)22-26-11-5-2-6-12-26/h1-7,9-13,15,18-19,21,25,29-30,33H,16-17,20,22-23H2/b19-18+/t29-,30+/m1/s1. The first kappa shape index (κ1) is 23.3. The van der Waals surface area contributed by atoms with Crippen molar-refractivity contribution in [1.82, 2.24) is 4.90 Å². The molecule has 0 radical (unpaired) electrons. The van der Waals surface area contributed by atoms with Gasteiger partial charge in [0.25, 0.3) is 0 Å². The van der Waals surface area contributed by atoms with Gasteiger partial charge in [-0.1, -0.05) is 96.3 Å². The second-order valence-electron chi connectivity index (χ2n) is 8.67. The van der Waals surface area contributed by atoms with Crippen molar-refractivity contribution in [3.8, 4) is 11.8 Å². The van der Waals surface area contributed by atoms with Gasteiger partial charge in [0.2, 0.25) is 0 Å². The number of aliphatic hydroxyl groups is 1. The Morgan fingerprint density at radius 3 is 2.33 bits per heavy atom. The first-order chi connectivity index (χ1) is 16.2. The summed E-state index contributed by atoms with van der Waals surface area (Å²) in [4.78, 5) is 2.26. The lowest BCUT2D eigenvalue weighted by Gasteiger charge is -2.32. The highest BCUT2D eigenvalue weighted by Crippen LogP contribution is 2.31. The molecule has 0 saturated heterocycles. The Kier molecular flexibility index (Phi) is 8.39. The second-order valence-corrected chi connectivity index (χ2v) is 9.11. The van der Waals surface area contributed by atoms with Gasteiger partial charge in [0.1, 0.15) is 0 Å². The predicted molar refractivity (Wildman–Crippen MR) is 137 cm³/mol. The Morgan fingerprint density at radius 1 is 0.939 bits per heavy atom. The molecule has 1 saturated carbocycles. The monoisotopic (exact) mass is 455 g/mol. The fraction of sp³-hybridized carbons (Fsp3) is 0.267. The Bertz CT molecular complexity index is 1100. The van der Waals surface area contributed by atoms with E-state index in [9.17, 15) is 5.11 Å². The number of aliphatic hydroxyl groups excluding tert-OH is 1. The molecule has 4 rings (SSSR count). The molecule has 168 valence electrons. The molecule has 0 aromatic heterocycles. The number of allylic oxidation sites excluding steroid dienone is 1. The molecule has 1 N–H and O–H groups in total. The van der Waals surface area contributed by atoms with Gasteiger partial charge < -0.3 is 5.11 Å². The van der Waals surface area contributed by atoms with Gasteiger partial charge in [0.15, 0.2) is 0 Å². The lowest BCUT2D eigenvalue weighted by molar-refractivity contribution is 0.0769. The van der Waals surface area contributed by atoms with Crippen LogP contribution in [0.25, 0.3) is 0 Å². The summed E-state index contributed by atoms with van der Waals surface area (Å²) >= 11 is 6.26. The predicted octanol–water partition coefficient (Wildman–Crippen LogP) is 6.13. The molecule has 0 amide bonds. The first-order valence-corrected chi connectivity index (χ1v) is 12.0. The minimum absolute atomic E-state index is 0.144. The summed E-state index contributed by atoms with van der Waals surface area (Å²) in [5, 5.41) is 12.1. The summed E-state index contributed by atoms with van der Waals surface area (Å²) in [5.74, 6) is 7.25. The van der Waals surface area contributed by atoms with E-state index in [0.717, 1.165) is 21.7 Å². The maximum Gasteiger partial charge on any atom is 0.0771 e. The van der Waals surface area contributed by atoms with Crippen LogP contribution in [-0.4, -0.2) is 28.7 Å². The lowest BCUT2D eigenvalue weighted by atomic mass is 9.99. The molecule has 2 atom stereocenters. The molecular formula is C30H30ClNO. The average Bonchev–Trinajstić information content (AvgIpc) is 3.65. The van der Waals surface area contributed by atoms with Gasteiger partial charge in [0, 0.05) is 23.6 Å². The third-order valence-corrected chi connectivity index (χ3v) is 6.10. The number of benzene rings is 3. The van der Waals surface area contributed by atoms with Crippen LogP contribution in [-0.2, 0) is 13.0 Å². The van der Waals surface area contributed by atoms with Gasteiger partial charge in [-0.25, -0.2) is 0 Å². The zero-order valence-electron chi connectivity index (χ0n) is 18.8. The fourth-order valence-electron chi connectivity index (χ4n) is 3.93. The highest BCUT2D eigenvalue weighted by Gasteiger charge is 2.26. The molecule has 0 unspecified atom stereocenters. The van der Waals surface area contributed by atoms with E-state index in [4.69, 9.17) is 11.6 Å². The van der Waals surface area contributed by atoms with Crippen molar-refractivity contribution in [2.75, 3.05) is 6.54 Å². The van der Waals surface area contributed by atoms with Crippen molar-refractivity contribution >= 4 is 11.6 Å². The van der Waals surface area contributed by atoms with Crippen molar-refractivity contribution in [2.45, 2.75) is 38.0 Å². The van der Waals surface area contributed by atoms with Gasteiger partial charge in [-0.2, -0.15) is 0 Å². The number of halogens is 1. The number of hydrogen-bond acceptors (Lipinski definition) is 2. The van der Waals surface area contributed by atoms with Gasteiger partial charge in [-0.05, 0) is 54.2 Å². The number of nitrogens with zero attached hydrogens (tertiary/aromatic N) is 1. The van der Waals surface area contributed by atoms with Crippen molar-refractivity contribution in [1.29, 1.82) is 0 Å². The summed E-state index contributed by atoms with van der Waals surface area (Å²) in [6.45, 7) is 1.21. The smallest absolute Gasteiger partial charge is 0.0771 e. The second kappa shape index (κ2) is 11.9. The maximum atomic E-state index is 11.3. The fourth-order valence-corrected chi connectivity index (χ4v) is 4.14. The SMILES string of the molecule is O[C@@H](Cc1ccccc1)[C@@H](/C=C/C1CC1)N(CC#Cc1ccccc1)Cc1cccc(Cl)c1. The van der Waals surface area contributed by atoms with Crippen LogP contribution in [0.3, 0.4) is 0 Å². The van der Waals surface area contributed by atoms with Crippen LogP contribution in [0.15, 0.2) is 97.1 Å². The van der Waals surface area contributed by atoms with Crippen molar-refractivity contribution < 1.29 is 5.11 Å². The molecule has 1 aliphatic rings. The number of rotatable bonds is 9. The van der Waals surface area contributed by atoms with Crippen LogP contribution < -0.4 is 0 Å². The van der Waals surface area contributed by atoms with Crippen LogP contribution in [0.2, 0.25) is 5.02 Å².